The van der Waals surface area contributed by atoms with E-state index in [0.717, 1.165) is 18.9 Å². The number of phosphoric ester groups is 1. The number of hydrogen-bond acceptors (Lipinski definition) is 7. The van der Waals surface area contributed by atoms with Crippen molar-refractivity contribution >= 4 is 7.82 Å². The van der Waals surface area contributed by atoms with Gasteiger partial charge >= 0.3 is 0 Å². The fraction of sp³-hybridized carbons (Fsp3) is 0.909. The molecule has 0 aliphatic rings. The molecule has 180 valence electrons. The maximum Gasteiger partial charge on any atom is 0.269 e. The van der Waals surface area contributed by atoms with Crippen LogP contribution in [0.25, 0.3) is 0 Å². The molecular formula is C22H43O7P-2. The summed E-state index contributed by atoms with van der Waals surface area (Å²) in [5.41, 5.74) is -1.02. The van der Waals surface area contributed by atoms with Crippen molar-refractivity contribution in [3.8, 4) is 0 Å². The van der Waals surface area contributed by atoms with Crippen LogP contribution in [0.2, 0.25) is 0 Å². The Morgan fingerprint density at radius 2 is 1.60 bits per heavy atom. The maximum atomic E-state index is 12.9. The normalized spacial score (nSPS) is 23.7. The van der Waals surface area contributed by atoms with Crippen LogP contribution in [-0.2, 0) is 18.3 Å². The zero-order valence-electron chi connectivity index (χ0n) is 20.2. The second kappa shape index (κ2) is 13.2. The van der Waals surface area contributed by atoms with Crippen molar-refractivity contribution in [2.24, 2.45) is 29.6 Å². The lowest BCUT2D eigenvalue weighted by atomic mass is 9.67. The summed E-state index contributed by atoms with van der Waals surface area (Å²) < 4.78 is 28.7. The van der Waals surface area contributed by atoms with Gasteiger partial charge in [-0.1, -0.05) is 67.4 Å². The van der Waals surface area contributed by atoms with Gasteiger partial charge in [0.2, 0.25) is 0 Å². The summed E-state index contributed by atoms with van der Waals surface area (Å²) in [6.45, 7) is 16.2. The average Bonchev–Trinajstić information content (AvgIpc) is 2.69. The maximum absolute atomic E-state index is 12.9. The van der Waals surface area contributed by atoms with Crippen molar-refractivity contribution in [3.63, 3.8) is 0 Å². The first-order valence-corrected chi connectivity index (χ1v) is 12.4. The summed E-state index contributed by atoms with van der Waals surface area (Å²) in [7, 11) is -3.51. The summed E-state index contributed by atoms with van der Waals surface area (Å²) in [5, 5.41) is 21.0. The van der Waals surface area contributed by atoms with Crippen LogP contribution in [0.15, 0.2) is 12.3 Å². The Morgan fingerprint density at radius 1 is 1.07 bits per heavy atom. The van der Waals surface area contributed by atoms with E-state index in [1.165, 1.54) is 7.11 Å². The lowest BCUT2D eigenvalue weighted by molar-refractivity contribution is -0.276. The van der Waals surface area contributed by atoms with Crippen molar-refractivity contribution in [1.82, 2.24) is 0 Å². The summed E-state index contributed by atoms with van der Waals surface area (Å²) in [4.78, 5) is 12.9. The quantitative estimate of drug-likeness (QED) is 0.300. The van der Waals surface area contributed by atoms with Crippen LogP contribution in [0.5, 0.6) is 0 Å². The smallest absolute Gasteiger partial charge is 0.269 e. The van der Waals surface area contributed by atoms with Crippen molar-refractivity contribution in [1.29, 1.82) is 0 Å². The molecular weight excluding hydrogens is 407 g/mol. The van der Waals surface area contributed by atoms with E-state index in [-0.39, 0.29) is 30.3 Å². The third-order valence-corrected chi connectivity index (χ3v) is 8.30. The molecule has 1 N–H and O–H groups in total. The molecule has 7 nitrogen and oxygen atoms in total. The van der Waals surface area contributed by atoms with Crippen LogP contribution in [0.3, 0.4) is 0 Å². The van der Waals surface area contributed by atoms with Crippen molar-refractivity contribution < 1.29 is 33.5 Å². The van der Waals surface area contributed by atoms with Crippen LogP contribution >= 0.6 is 7.82 Å². The van der Waals surface area contributed by atoms with E-state index in [1.54, 1.807) is 0 Å². The highest BCUT2D eigenvalue weighted by molar-refractivity contribution is 7.45. The monoisotopic (exact) mass is 450 g/mol. The number of aliphatic hydroxyl groups excluding tert-OH is 1. The third-order valence-electron chi connectivity index (χ3n) is 7.18. The Morgan fingerprint density at radius 3 is 2.03 bits per heavy atom. The van der Waals surface area contributed by atoms with Gasteiger partial charge < -0.3 is 28.9 Å². The van der Waals surface area contributed by atoms with Crippen LogP contribution in [0, 0.1) is 29.6 Å². The summed E-state index contributed by atoms with van der Waals surface area (Å²) in [5.74, 6) is 0.659. The molecule has 9 atom stereocenters. The first-order chi connectivity index (χ1) is 13.8. The molecule has 0 rings (SSSR count). The molecule has 9 unspecified atom stereocenters. The van der Waals surface area contributed by atoms with Crippen LogP contribution < -0.4 is 10.00 Å². The average molecular weight is 451 g/mol. The summed E-state index contributed by atoms with van der Waals surface area (Å²) in [6, 6.07) is 0. The van der Waals surface area contributed by atoms with E-state index >= 15 is 0 Å². The molecule has 0 aromatic heterocycles. The Balaban J connectivity index is 5.93. The second-order valence-electron chi connectivity index (χ2n) is 8.85. The lowest BCUT2D eigenvalue weighted by Gasteiger charge is -2.49. The first-order valence-electron chi connectivity index (χ1n) is 11.0. The summed E-state index contributed by atoms with van der Waals surface area (Å²) in [6.07, 6.45) is 0.487. The molecule has 0 spiro atoms. The summed E-state index contributed by atoms with van der Waals surface area (Å²) >= 11 is 0. The first kappa shape index (κ1) is 29.6. The predicted octanol–water partition coefficient (Wildman–Crippen LogP) is 3.50. The fourth-order valence-corrected chi connectivity index (χ4v) is 5.24. The van der Waals surface area contributed by atoms with Gasteiger partial charge in [0.05, 0.1) is 12.2 Å². The molecule has 0 aromatic carbocycles. The molecule has 0 heterocycles. The third kappa shape index (κ3) is 8.25. The second-order valence-corrected chi connectivity index (χ2v) is 10.1. The largest absolute Gasteiger partial charge is 0.878 e. The van der Waals surface area contributed by atoms with E-state index in [9.17, 15) is 19.7 Å². The van der Waals surface area contributed by atoms with E-state index in [4.69, 9.17) is 13.8 Å². The highest BCUT2D eigenvalue weighted by atomic mass is 31.2. The van der Waals surface area contributed by atoms with Crippen LogP contribution in [-0.4, -0.2) is 36.6 Å². The van der Waals surface area contributed by atoms with Crippen molar-refractivity contribution in [2.45, 2.75) is 86.0 Å². The molecule has 8 heteroatoms. The minimum absolute atomic E-state index is 0.0766. The SMILES string of the molecule is CCC(C)C(C)C(C)C(C)(OP(=O)([O-])OC(/C=C/[O-])C(O)COC)C(C)C(C)CC. The lowest BCUT2D eigenvalue weighted by Crippen LogP contribution is -2.49. The molecule has 0 aliphatic carbocycles. The Hall–Kier alpha value is -0.430. The molecule has 0 aliphatic heterocycles. The highest BCUT2D eigenvalue weighted by Gasteiger charge is 2.46. The molecule has 0 amide bonds. The van der Waals surface area contributed by atoms with Gasteiger partial charge in [0.15, 0.2) is 0 Å². The van der Waals surface area contributed by atoms with E-state index in [1.807, 2.05) is 20.8 Å². The van der Waals surface area contributed by atoms with Gasteiger partial charge in [-0.05, 0) is 36.5 Å². The molecule has 0 radical (unpaired) electrons. The number of aliphatic hydroxyl groups is 1. The molecule has 30 heavy (non-hydrogen) atoms. The van der Waals surface area contributed by atoms with Gasteiger partial charge in [0, 0.05) is 7.11 Å². The van der Waals surface area contributed by atoms with Gasteiger partial charge in [-0.15, -0.1) is 0 Å². The number of methoxy groups -OCH3 is 1. The van der Waals surface area contributed by atoms with Crippen molar-refractivity contribution in [2.75, 3.05) is 13.7 Å². The Labute approximate surface area is 183 Å². The van der Waals surface area contributed by atoms with Gasteiger partial charge in [-0.25, -0.2) is 0 Å². The Bertz CT molecular complexity index is 556. The zero-order chi connectivity index (χ0) is 23.7. The van der Waals surface area contributed by atoms with E-state index < -0.39 is 25.6 Å². The van der Waals surface area contributed by atoms with Gasteiger partial charge in [-0.2, -0.15) is 6.26 Å². The van der Waals surface area contributed by atoms with E-state index in [0.29, 0.717) is 12.2 Å². The topological polar surface area (TPSA) is 111 Å². The van der Waals surface area contributed by atoms with Gasteiger partial charge in [0.1, 0.15) is 12.2 Å². The molecule has 0 bridgehead atoms. The molecule has 0 saturated carbocycles. The molecule has 0 saturated heterocycles. The van der Waals surface area contributed by atoms with Crippen LogP contribution in [0.4, 0.5) is 0 Å². The van der Waals surface area contributed by atoms with Crippen LogP contribution in [0.1, 0.15) is 68.2 Å². The van der Waals surface area contributed by atoms with Gasteiger partial charge in [0.25, 0.3) is 7.82 Å². The minimum atomic E-state index is -4.87. The minimum Gasteiger partial charge on any atom is -0.878 e. The zero-order valence-corrected chi connectivity index (χ0v) is 21.1. The van der Waals surface area contributed by atoms with Crippen molar-refractivity contribution in [3.05, 3.63) is 12.3 Å². The van der Waals surface area contributed by atoms with Gasteiger partial charge in [-0.3, -0.25) is 4.57 Å². The molecule has 0 fully saturated rings. The fourth-order valence-electron chi connectivity index (χ4n) is 3.87. The molecule has 0 aromatic rings. The van der Waals surface area contributed by atoms with E-state index in [2.05, 4.69) is 34.6 Å². The number of rotatable bonds is 15. The predicted molar refractivity (Wildman–Crippen MR) is 115 cm³/mol. The number of ether oxygens (including phenoxy) is 1. The standard InChI is InChI=1S/C22H45O7P/c1-10-15(3)17(5)19(7)22(8,18(6)16(4)11-2)29-30(25,26)28-21(12-13-23)20(24)14-27-9/h12-13,15-21,23-24H,10-11,14H2,1-9H3,(H,25,26)/p-2/b13-12+. The number of phosphoric acid groups is 1. The highest BCUT2D eigenvalue weighted by Crippen LogP contribution is 2.52. The number of hydrogen-bond donors (Lipinski definition) is 1. The Kier molecular flexibility index (Phi) is 13.0.